The number of aromatic nitrogens is 2. The zero-order valence-electron chi connectivity index (χ0n) is 14.5. The second-order valence-electron chi connectivity index (χ2n) is 6.67. The van der Waals surface area contributed by atoms with Crippen LogP contribution in [-0.2, 0) is 11.3 Å². The minimum atomic E-state index is -0.0931. The van der Waals surface area contributed by atoms with Crippen molar-refractivity contribution in [2.75, 3.05) is 6.54 Å². The van der Waals surface area contributed by atoms with E-state index in [1.807, 2.05) is 41.3 Å². The molecule has 1 atom stereocenters. The van der Waals surface area contributed by atoms with Crippen LogP contribution in [0.3, 0.4) is 0 Å². The van der Waals surface area contributed by atoms with Crippen molar-refractivity contribution in [2.24, 2.45) is 0 Å². The topological polar surface area (TPSA) is 55.2 Å². The predicted octanol–water partition coefficient (Wildman–Crippen LogP) is 3.15. The first-order valence-electron chi connectivity index (χ1n) is 9.02. The molecule has 2 heterocycles. The molecule has 5 nitrogen and oxygen atoms in total. The molecule has 0 saturated carbocycles. The van der Waals surface area contributed by atoms with E-state index in [0.29, 0.717) is 23.9 Å². The largest absolute Gasteiger partial charge is 0.336 e. The molecule has 0 N–H and O–H groups in total. The number of aryl methyl sites for hydroxylation is 1. The van der Waals surface area contributed by atoms with Gasteiger partial charge in [0, 0.05) is 19.5 Å². The van der Waals surface area contributed by atoms with Gasteiger partial charge < -0.3 is 4.90 Å². The lowest BCUT2D eigenvalue weighted by Crippen LogP contribution is -2.32. The van der Waals surface area contributed by atoms with Crippen molar-refractivity contribution in [2.45, 2.75) is 31.8 Å². The minimum Gasteiger partial charge on any atom is -0.336 e. The molecule has 1 saturated heterocycles. The molecule has 0 bridgehead atoms. The summed E-state index contributed by atoms with van der Waals surface area (Å²) in [6.07, 6.45) is 3.86. The third-order valence-electron chi connectivity index (χ3n) is 5.06. The van der Waals surface area contributed by atoms with E-state index in [2.05, 4.69) is 17.1 Å². The molecule has 1 fully saturated rings. The average Bonchev–Trinajstić information content (AvgIpc) is 3.18. The predicted molar refractivity (Wildman–Crippen MR) is 101 cm³/mol. The Kier molecular flexibility index (Phi) is 4.52. The Morgan fingerprint density at radius 1 is 1.08 bits per heavy atom. The van der Waals surface area contributed by atoms with Crippen molar-refractivity contribution in [3.8, 4) is 0 Å². The number of amides is 1. The third-order valence-corrected chi connectivity index (χ3v) is 5.06. The molecular weight excluding hydrogens is 326 g/mol. The van der Waals surface area contributed by atoms with E-state index >= 15 is 0 Å². The molecule has 1 aromatic heterocycles. The summed E-state index contributed by atoms with van der Waals surface area (Å²) in [6.45, 7) is 1.14. The van der Waals surface area contributed by atoms with Gasteiger partial charge in [-0.05, 0) is 30.5 Å². The number of nitrogens with zero attached hydrogens (tertiary/aromatic N) is 3. The van der Waals surface area contributed by atoms with Crippen molar-refractivity contribution >= 4 is 16.8 Å². The van der Waals surface area contributed by atoms with Gasteiger partial charge in [-0.15, -0.1) is 0 Å². The summed E-state index contributed by atoms with van der Waals surface area (Å²) in [5.74, 6) is 0.0939. The number of carbonyl (C=O) groups is 1. The highest BCUT2D eigenvalue weighted by molar-refractivity contribution is 5.78. The summed E-state index contributed by atoms with van der Waals surface area (Å²) in [7, 11) is 0. The molecule has 0 aliphatic carbocycles. The highest BCUT2D eigenvalue weighted by atomic mass is 16.2. The molecule has 1 unspecified atom stereocenters. The van der Waals surface area contributed by atoms with Gasteiger partial charge in [-0.2, -0.15) is 0 Å². The van der Waals surface area contributed by atoms with Crippen molar-refractivity contribution < 1.29 is 4.79 Å². The van der Waals surface area contributed by atoms with Gasteiger partial charge in [-0.1, -0.05) is 42.5 Å². The van der Waals surface area contributed by atoms with Crippen LogP contribution in [0.5, 0.6) is 0 Å². The van der Waals surface area contributed by atoms with Gasteiger partial charge in [-0.3, -0.25) is 14.2 Å². The van der Waals surface area contributed by atoms with E-state index in [4.69, 9.17) is 0 Å². The minimum absolute atomic E-state index is 0.0931. The fourth-order valence-corrected chi connectivity index (χ4v) is 3.71. The first-order chi connectivity index (χ1) is 12.7. The van der Waals surface area contributed by atoms with E-state index < -0.39 is 0 Å². The molecule has 3 aromatic rings. The zero-order valence-corrected chi connectivity index (χ0v) is 14.5. The zero-order chi connectivity index (χ0) is 17.9. The van der Waals surface area contributed by atoms with Crippen molar-refractivity contribution in [1.82, 2.24) is 14.5 Å². The smallest absolute Gasteiger partial charge is 0.261 e. The number of fused-ring (bicyclic) bond motifs is 1. The van der Waals surface area contributed by atoms with Crippen molar-refractivity contribution in [3.05, 3.63) is 76.8 Å². The Hall–Kier alpha value is -2.95. The van der Waals surface area contributed by atoms with Gasteiger partial charge in [0.25, 0.3) is 5.56 Å². The molecule has 0 spiro atoms. The fourth-order valence-electron chi connectivity index (χ4n) is 3.71. The number of rotatable bonds is 4. The van der Waals surface area contributed by atoms with Crippen LogP contribution >= 0.6 is 0 Å². The van der Waals surface area contributed by atoms with E-state index in [0.717, 1.165) is 19.4 Å². The van der Waals surface area contributed by atoms with Crippen LogP contribution in [0.25, 0.3) is 10.9 Å². The first kappa shape index (κ1) is 16.5. The molecular formula is C21H21N3O2. The Morgan fingerprint density at radius 3 is 2.69 bits per heavy atom. The Morgan fingerprint density at radius 2 is 1.85 bits per heavy atom. The maximum Gasteiger partial charge on any atom is 0.261 e. The summed E-state index contributed by atoms with van der Waals surface area (Å²) < 4.78 is 1.54. The van der Waals surface area contributed by atoms with Gasteiger partial charge in [0.15, 0.2) is 0 Å². The normalized spacial score (nSPS) is 16.9. The molecule has 4 rings (SSSR count). The monoisotopic (exact) mass is 347 g/mol. The van der Waals surface area contributed by atoms with Crippen molar-refractivity contribution in [3.63, 3.8) is 0 Å². The number of hydrogen-bond acceptors (Lipinski definition) is 3. The van der Waals surface area contributed by atoms with Gasteiger partial charge in [0.2, 0.25) is 5.91 Å². The summed E-state index contributed by atoms with van der Waals surface area (Å²) in [6, 6.07) is 17.6. The SMILES string of the molecule is O=C(CCn1cnc2ccccc2c1=O)N1CCCC1c1ccccc1. The van der Waals surface area contributed by atoms with E-state index in [1.54, 1.807) is 6.07 Å². The van der Waals surface area contributed by atoms with Crippen LogP contribution in [-0.4, -0.2) is 26.9 Å². The third kappa shape index (κ3) is 3.12. The maximum atomic E-state index is 12.8. The average molecular weight is 347 g/mol. The molecule has 0 radical (unpaired) electrons. The second-order valence-corrected chi connectivity index (χ2v) is 6.67. The standard InChI is InChI=1S/C21H21N3O2/c25-20(24-13-6-11-19(24)16-7-2-1-3-8-16)12-14-23-15-22-18-10-5-4-9-17(18)21(23)26/h1-5,7-10,15,19H,6,11-14H2. The quantitative estimate of drug-likeness (QED) is 0.728. The molecule has 132 valence electrons. The van der Waals surface area contributed by atoms with Crippen LogP contribution in [0.2, 0.25) is 0 Å². The van der Waals surface area contributed by atoms with Crippen LogP contribution in [0, 0.1) is 0 Å². The first-order valence-corrected chi connectivity index (χ1v) is 9.02. The molecule has 26 heavy (non-hydrogen) atoms. The molecule has 1 aliphatic rings. The van der Waals surface area contributed by atoms with Gasteiger partial charge in [0.1, 0.15) is 0 Å². The Labute approximate surface area is 151 Å². The van der Waals surface area contributed by atoms with Crippen molar-refractivity contribution in [1.29, 1.82) is 0 Å². The van der Waals surface area contributed by atoms with Crippen LogP contribution < -0.4 is 5.56 Å². The summed E-state index contributed by atoms with van der Waals surface area (Å²) in [4.78, 5) is 31.6. The molecule has 2 aromatic carbocycles. The Bertz CT molecular complexity index is 981. The number of para-hydroxylation sites is 1. The maximum absolute atomic E-state index is 12.8. The van der Waals surface area contributed by atoms with Crippen LogP contribution in [0.1, 0.15) is 30.9 Å². The number of benzene rings is 2. The van der Waals surface area contributed by atoms with E-state index in [9.17, 15) is 9.59 Å². The molecule has 5 heteroatoms. The number of likely N-dealkylation sites (tertiary alicyclic amines) is 1. The van der Waals surface area contributed by atoms with Gasteiger partial charge >= 0.3 is 0 Å². The van der Waals surface area contributed by atoms with Gasteiger partial charge in [-0.25, -0.2) is 4.98 Å². The molecule has 1 aliphatic heterocycles. The summed E-state index contributed by atoms with van der Waals surface area (Å²) >= 11 is 0. The van der Waals surface area contributed by atoms with Crippen LogP contribution in [0.4, 0.5) is 0 Å². The van der Waals surface area contributed by atoms with Gasteiger partial charge in [0.05, 0.1) is 23.3 Å². The van der Waals surface area contributed by atoms with Crippen LogP contribution in [0.15, 0.2) is 65.7 Å². The summed E-state index contributed by atoms with van der Waals surface area (Å²) in [5, 5.41) is 0.589. The fraction of sp³-hybridized carbons (Fsp3) is 0.286. The highest BCUT2D eigenvalue weighted by Crippen LogP contribution is 2.32. The second kappa shape index (κ2) is 7.12. The Balaban J connectivity index is 1.49. The van der Waals surface area contributed by atoms with E-state index in [1.165, 1.54) is 16.5 Å². The highest BCUT2D eigenvalue weighted by Gasteiger charge is 2.29. The lowest BCUT2D eigenvalue weighted by molar-refractivity contribution is -0.132. The lowest BCUT2D eigenvalue weighted by atomic mass is 10.0. The summed E-state index contributed by atoms with van der Waals surface area (Å²) in [5.41, 5.74) is 1.77. The number of carbonyl (C=O) groups excluding carboxylic acids is 1. The number of hydrogen-bond donors (Lipinski definition) is 0. The lowest BCUT2D eigenvalue weighted by Gasteiger charge is -2.25. The molecule has 1 amide bonds. The van der Waals surface area contributed by atoms with E-state index in [-0.39, 0.29) is 17.5 Å².